The molecule has 0 bridgehead atoms. The molecule has 1 heterocycles. The van der Waals surface area contributed by atoms with Crippen molar-refractivity contribution in [3.05, 3.63) is 47.0 Å². The van der Waals surface area contributed by atoms with Gasteiger partial charge in [0, 0.05) is 6.92 Å². The zero-order chi connectivity index (χ0) is 13.0. The summed E-state index contributed by atoms with van der Waals surface area (Å²) in [6.07, 6.45) is 1.25. The largest absolute Gasteiger partial charge is 0.437 e. The molecule has 2 rings (SSSR count). The van der Waals surface area contributed by atoms with Gasteiger partial charge in [-0.15, -0.1) is 0 Å². The molecule has 92 valence electrons. The molecule has 6 nitrogen and oxygen atoms in total. The maximum absolute atomic E-state index is 11.1. The Kier molecular flexibility index (Phi) is 3.38. The summed E-state index contributed by atoms with van der Waals surface area (Å²) in [4.78, 5) is 28.4. The molecule has 0 spiro atoms. The van der Waals surface area contributed by atoms with Gasteiger partial charge in [-0.1, -0.05) is 12.1 Å². The van der Waals surface area contributed by atoms with Gasteiger partial charge in [-0.25, -0.2) is 4.98 Å². The van der Waals surface area contributed by atoms with Gasteiger partial charge in [-0.2, -0.15) is 0 Å². The highest BCUT2D eigenvalue weighted by molar-refractivity contribution is 5.90. The summed E-state index contributed by atoms with van der Waals surface area (Å²) in [7, 11) is 0. The Bertz CT molecular complexity index is 622. The number of carbonyl (C=O) groups excluding carboxylic acids is 1. The number of ether oxygens (including phenoxy) is 1. The predicted molar refractivity (Wildman–Crippen MR) is 65.7 cm³/mol. The number of aromatic nitrogens is 2. The fourth-order valence-electron chi connectivity index (χ4n) is 1.37. The normalized spacial score (nSPS) is 9.83. The van der Waals surface area contributed by atoms with Crippen molar-refractivity contribution in [2.45, 2.75) is 6.92 Å². The Morgan fingerprint density at radius 2 is 2.17 bits per heavy atom. The second kappa shape index (κ2) is 5.13. The van der Waals surface area contributed by atoms with E-state index >= 15 is 0 Å². The minimum atomic E-state index is -0.308. The van der Waals surface area contributed by atoms with Gasteiger partial charge < -0.3 is 15.0 Å². The van der Waals surface area contributed by atoms with Gasteiger partial charge in [-0.05, 0) is 12.1 Å². The SMILES string of the molecule is CC(=O)Nc1ccccc1Oc1cc(=O)[nH]cn1. The van der Waals surface area contributed by atoms with Crippen molar-refractivity contribution in [2.75, 3.05) is 5.32 Å². The maximum atomic E-state index is 11.1. The molecule has 0 aliphatic carbocycles. The molecular formula is C12H11N3O3. The molecule has 1 aromatic heterocycles. The third-order valence-corrected chi connectivity index (χ3v) is 2.07. The fourth-order valence-corrected chi connectivity index (χ4v) is 1.37. The van der Waals surface area contributed by atoms with Gasteiger partial charge in [0.25, 0.3) is 5.56 Å². The third kappa shape index (κ3) is 2.94. The van der Waals surface area contributed by atoms with Crippen LogP contribution in [0.1, 0.15) is 6.92 Å². The van der Waals surface area contributed by atoms with E-state index in [2.05, 4.69) is 15.3 Å². The van der Waals surface area contributed by atoms with Crippen LogP contribution in [-0.4, -0.2) is 15.9 Å². The van der Waals surface area contributed by atoms with Crippen molar-refractivity contribution in [3.63, 3.8) is 0 Å². The van der Waals surface area contributed by atoms with E-state index in [0.717, 1.165) is 0 Å². The van der Waals surface area contributed by atoms with Crippen LogP contribution in [0, 0.1) is 0 Å². The summed E-state index contributed by atoms with van der Waals surface area (Å²) < 4.78 is 5.45. The Morgan fingerprint density at radius 3 is 2.89 bits per heavy atom. The molecule has 2 N–H and O–H groups in total. The van der Waals surface area contributed by atoms with Gasteiger partial charge in [0.15, 0.2) is 5.75 Å². The summed E-state index contributed by atoms with van der Waals surface area (Å²) in [5, 5.41) is 2.63. The molecule has 0 aliphatic heterocycles. The number of benzene rings is 1. The van der Waals surface area contributed by atoms with Crippen LogP contribution in [0.4, 0.5) is 5.69 Å². The Hall–Kier alpha value is -2.63. The lowest BCUT2D eigenvalue weighted by molar-refractivity contribution is -0.114. The molecule has 0 unspecified atom stereocenters. The highest BCUT2D eigenvalue weighted by Gasteiger charge is 2.06. The van der Waals surface area contributed by atoms with E-state index in [9.17, 15) is 9.59 Å². The fraction of sp³-hybridized carbons (Fsp3) is 0.0833. The molecule has 1 aromatic carbocycles. The number of para-hydroxylation sites is 2. The number of carbonyl (C=O) groups is 1. The van der Waals surface area contributed by atoms with Gasteiger partial charge in [0.1, 0.15) is 0 Å². The molecule has 0 atom stereocenters. The first-order valence-corrected chi connectivity index (χ1v) is 5.24. The summed E-state index contributed by atoms with van der Waals surface area (Å²) in [5.41, 5.74) is 0.212. The molecule has 0 aliphatic rings. The van der Waals surface area contributed by atoms with Crippen LogP contribution in [0.3, 0.4) is 0 Å². The van der Waals surface area contributed by atoms with Gasteiger partial charge in [-0.3, -0.25) is 9.59 Å². The van der Waals surface area contributed by atoms with Crippen LogP contribution in [0.5, 0.6) is 11.6 Å². The molecule has 1 amide bonds. The zero-order valence-electron chi connectivity index (χ0n) is 9.64. The number of hydrogen-bond acceptors (Lipinski definition) is 4. The maximum Gasteiger partial charge on any atom is 0.254 e. The topological polar surface area (TPSA) is 84.1 Å². The third-order valence-electron chi connectivity index (χ3n) is 2.07. The van der Waals surface area contributed by atoms with Crippen LogP contribution in [-0.2, 0) is 4.79 Å². The van der Waals surface area contributed by atoms with E-state index in [1.165, 1.54) is 19.3 Å². The number of rotatable bonds is 3. The Morgan fingerprint density at radius 1 is 1.39 bits per heavy atom. The van der Waals surface area contributed by atoms with E-state index in [0.29, 0.717) is 11.4 Å². The Labute approximate surface area is 103 Å². The first kappa shape index (κ1) is 11.8. The van der Waals surface area contributed by atoms with Crippen molar-refractivity contribution in [3.8, 4) is 11.6 Å². The zero-order valence-corrected chi connectivity index (χ0v) is 9.64. The smallest absolute Gasteiger partial charge is 0.254 e. The average molecular weight is 245 g/mol. The molecule has 2 aromatic rings. The highest BCUT2D eigenvalue weighted by atomic mass is 16.5. The van der Waals surface area contributed by atoms with Crippen molar-refractivity contribution in [1.29, 1.82) is 0 Å². The first-order chi connectivity index (χ1) is 8.65. The van der Waals surface area contributed by atoms with Crippen molar-refractivity contribution < 1.29 is 9.53 Å². The van der Waals surface area contributed by atoms with Gasteiger partial charge in [0.2, 0.25) is 11.8 Å². The van der Waals surface area contributed by atoms with Crippen LogP contribution >= 0.6 is 0 Å². The Balaban J connectivity index is 2.28. The lowest BCUT2D eigenvalue weighted by atomic mass is 10.3. The summed E-state index contributed by atoms with van der Waals surface area (Å²) in [6, 6.07) is 8.12. The predicted octanol–water partition coefficient (Wildman–Crippen LogP) is 1.52. The molecule has 0 saturated carbocycles. The average Bonchev–Trinajstić information content (AvgIpc) is 2.31. The van der Waals surface area contributed by atoms with Crippen molar-refractivity contribution >= 4 is 11.6 Å². The monoisotopic (exact) mass is 245 g/mol. The van der Waals surface area contributed by atoms with Crippen LogP contribution in [0.25, 0.3) is 0 Å². The summed E-state index contributed by atoms with van der Waals surface area (Å²) >= 11 is 0. The lowest BCUT2D eigenvalue weighted by Crippen LogP contribution is -2.08. The highest BCUT2D eigenvalue weighted by Crippen LogP contribution is 2.27. The standard InChI is InChI=1S/C12H11N3O3/c1-8(16)15-9-4-2-3-5-10(9)18-12-6-11(17)13-7-14-12/h2-7H,1H3,(H,15,16)(H,13,14,17). The van der Waals surface area contributed by atoms with Crippen molar-refractivity contribution in [2.24, 2.45) is 0 Å². The van der Waals surface area contributed by atoms with E-state index in [1.54, 1.807) is 24.3 Å². The van der Waals surface area contributed by atoms with Gasteiger partial charge >= 0.3 is 0 Å². The van der Waals surface area contributed by atoms with Crippen molar-refractivity contribution in [1.82, 2.24) is 9.97 Å². The first-order valence-electron chi connectivity index (χ1n) is 5.24. The minimum absolute atomic E-state index is 0.163. The molecule has 0 radical (unpaired) electrons. The number of nitrogens with zero attached hydrogens (tertiary/aromatic N) is 1. The molecule has 0 fully saturated rings. The second-order valence-corrected chi connectivity index (χ2v) is 3.53. The number of hydrogen-bond donors (Lipinski definition) is 2. The number of nitrogens with one attached hydrogen (secondary N) is 2. The molecule has 18 heavy (non-hydrogen) atoms. The summed E-state index contributed by atoms with van der Waals surface area (Å²) in [5.74, 6) is 0.382. The number of amides is 1. The molecular weight excluding hydrogens is 234 g/mol. The quantitative estimate of drug-likeness (QED) is 0.858. The van der Waals surface area contributed by atoms with E-state index in [1.807, 2.05) is 0 Å². The summed E-state index contributed by atoms with van der Waals surface area (Å²) in [6.45, 7) is 1.41. The number of H-pyrrole nitrogens is 1. The second-order valence-electron chi connectivity index (χ2n) is 3.53. The van der Waals surface area contributed by atoms with Crippen LogP contribution in [0.2, 0.25) is 0 Å². The van der Waals surface area contributed by atoms with E-state index in [-0.39, 0.29) is 17.3 Å². The lowest BCUT2D eigenvalue weighted by Gasteiger charge is -2.09. The molecule has 6 heteroatoms. The van der Waals surface area contributed by atoms with Crippen LogP contribution in [0.15, 0.2) is 41.5 Å². The molecule has 0 saturated heterocycles. The van der Waals surface area contributed by atoms with E-state index < -0.39 is 0 Å². The minimum Gasteiger partial charge on any atom is -0.437 e. The van der Waals surface area contributed by atoms with Crippen LogP contribution < -0.4 is 15.6 Å². The number of anilines is 1. The number of aromatic amines is 1. The van der Waals surface area contributed by atoms with E-state index in [4.69, 9.17) is 4.74 Å². The van der Waals surface area contributed by atoms with Gasteiger partial charge in [0.05, 0.1) is 18.1 Å².